The van der Waals surface area contributed by atoms with E-state index in [4.69, 9.17) is 5.73 Å². The zero-order valence-electron chi connectivity index (χ0n) is 11.1. The van der Waals surface area contributed by atoms with Crippen LogP contribution in [0.4, 0.5) is 0 Å². The van der Waals surface area contributed by atoms with Gasteiger partial charge in [0.1, 0.15) is 0 Å². The van der Waals surface area contributed by atoms with E-state index in [1.165, 1.54) is 38.5 Å². The number of rotatable bonds is 5. The van der Waals surface area contributed by atoms with Crippen molar-refractivity contribution in [2.24, 2.45) is 17.6 Å². The molecule has 1 saturated carbocycles. The summed E-state index contributed by atoms with van der Waals surface area (Å²) in [6, 6.07) is 0.399. The molecule has 3 heteroatoms. The van der Waals surface area contributed by atoms with E-state index >= 15 is 0 Å². The van der Waals surface area contributed by atoms with Crippen LogP contribution in [-0.2, 0) is 0 Å². The topological polar surface area (TPSA) is 49.5 Å². The Bertz CT molecular complexity index is 230. The Morgan fingerprint density at radius 3 is 2.59 bits per heavy atom. The number of nitrogens with two attached hydrogens (primary N) is 1. The lowest BCUT2D eigenvalue weighted by atomic mass is 9.98. The SMILES string of the molecule is CCC1CCCN(C(CO)C(N)C2CC2)CC1. The highest BCUT2D eigenvalue weighted by Crippen LogP contribution is 2.34. The highest BCUT2D eigenvalue weighted by Gasteiger charge is 2.36. The van der Waals surface area contributed by atoms with E-state index < -0.39 is 0 Å². The number of aliphatic hydroxyl groups is 1. The first kappa shape index (κ1) is 13.3. The van der Waals surface area contributed by atoms with Gasteiger partial charge in [-0.3, -0.25) is 4.90 Å². The molecule has 1 saturated heterocycles. The molecule has 2 fully saturated rings. The van der Waals surface area contributed by atoms with E-state index in [0.717, 1.165) is 19.0 Å². The van der Waals surface area contributed by atoms with Gasteiger partial charge in [-0.2, -0.15) is 0 Å². The van der Waals surface area contributed by atoms with Crippen LogP contribution in [0, 0.1) is 11.8 Å². The third-order valence-corrected chi connectivity index (χ3v) is 4.73. The molecule has 3 atom stereocenters. The predicted molar refractivity (Wildman–Crippen MR) is 70.8 cm³/mol. The molecule has 0 spiro atoms. The van der Waals surface area contributed by atoms with Crippen molar-refractivity contribution in [1.29, 1.82) is 0 Å². The Balaban J connectivity index is 1.89. The monoisotopic (exact) mass is 240 g/mol. The summed E-state index contributed by atoms with van der Waals surface area (Å²) in [5.41, 5.74) is 6.28. The Morgan fingerprint density at radius 2 is 2.00 bits per heavy atom. The van der Waals surface area contributed by atoms with Gasteiger partial charge in [-0.15, -0.1) is 0 Å². The van der Waals surface area contributed by atoms with E-state index in [2.05, 4.69) is 11.8 Å². The van der Waals surface area contributed by atoms with E-state index in [1.54, 1.807) is 0 Å². The number of hydrogen-bond donors (Lipinski definition) is 2. The maximum absolute atomic E-state index is 9.62. The fraction of sp³-hybridized carbons (Fsp3) is 1.00. The second kappa shape index (κ2) is 6.17. The van der Waals surface area contributed by atoms with Gasteiger partial charge >= 0.3 is 0 Å². The van der Waals surface area contributed by atoms with Crippen molar-refractivity contribution in [3.8, 4) is 0 Å². The summed E-state index contributed by atoms with van der Waals surface area (Å²) in [4.78, 5) is 2.46. The molecule has 1 aliphatic carbocycles. The molecule has 3 unspecified atom stereocenters. The highest BCUT2D eigenvalue weighted by atomic mass is 16.3. The molecule has 0 amide bonds. The largest absolute Gasteiger partial charge is 0.395 e. The van der Waals surface area contributed by atoms with Crippen molar-refractivity contribution in [2.45, 2.75) is 57.5 Å². The van der Waals surface area contributed by atoms with Crippen molar-refractivity contribution >= 4 is 0 Å². The summed E-state index contributed by atoms with van der Waals surface area (Å²) in [5, 5.41) is 9.62. The lowest BCUT2D eigenvalue weighted by Crippen LogP contribution is -2.51. The van der Waals surface area contributed by atoms with E-state index in [0.29, 0.717) is 5.92 Å². The molecule has 1 aliphatic heterocycles. The lowest BCUT2D eigenvalue weighted by molar-refractivity contribution is 0.1000. The molecule has 1 heterocycles. The molecule has 0 radical (unpaired) electrons. The maximum Gasteiger partial charge on any atom is 0.0602 e. The van der Waals surface area contributed by atoms with Crippen molar-refractivity contribution in [3.05, 3.63) is 0 Å². The van der Waals surface area contributed by atoms with Gasteiger partial charge in [0.05, 0.1) is 6.61 Å². The van der Waals surface area contributed by atoms with Gasteiger partial charge in [-0.25, -0.2) is 0 Å². The number of likely N-dealkylation sites (tertiary alicyclic amines) is 1. The van der Waals surface area contributed by atoms with Crippen LogP contribution in [-0.4, -0.2) is 41.8 Å². The lowest BCUT2D eigenvalue weighted by Gasteiger charge is -2.33. The van der Waals surface area contributed by atoms with Gasteiger partial charge in [0.2, 0.25) is 0 Å². The van der Waals surface area contributed by atoms with Crippen LogP contribution in [0.25, 0.3) is 0 Å². The minimum absolute atomic E-state index is 0.193. The van der Waals surface area contributed by atoms with Crippen molar-refractivity contribution < 1.29 is 5.11 Å². The first-order valence-corrected chi connectivity index (χ1v) is 7.36. The van der Waals surface area contributed by atoms with Gasteiger partial charge in [-0.05, 0) is 57.0 Å². The van der Waals surface area contributed by atoms with Crippen LogP contribution in [0.1, 0.15) is 45.4 Å². The molecule has 17 heavy (non-hydrogen) atoms. The highest BCUT2D eigenvalue weighted by molar-refractivity contribution is 4.93. The normalized spacial score (nSPS) is 30.9. The predicted octanol–water partition coefficient (Wildman–Crippen LogP) is 1.60. The molecule has 100 valence electrons. The zero-order chi connectivity index (χ0) is 12.3. The second-order valence-electron chi connectivity index (χ2n) is 5.91. The summed E-state index contributed by atoms with van der Waals surface area (Å²) in [6.45, 7) is 4.78. The Kier molecular flexibility index (Phi) is 4.83. The van der Waals surface area contributed by atoms with Crippen molar-refractivity contribution in [2.75, 3.05) is 19.7 Å². The van der Waals surface area contributed by atoms with Gasteiger partial charge in [0, 0.05) is 12.1 Å². The summed E-state index contributed by atoms with van der Waals surface area (Å²) in [5.74, 6) is 1.56. The summed E-state index contributed by atoms with van der Waals surface area (Å²) < 4.78 is 0. The Labute approximate surface area is 105 Å². The fourth-order valence-electron chi connectivity index (χ4n) is 3.20. The molecule has 3 nitrogen and oxygen atoms in total. The molecule has 0 aromatic carbocycles. The van der Waals surface area contributed by atoms with Crippen LogP contribution in [0.2, 0.25) is 0 Å². The summed E-state index contributed by atoms with van der Waals surface area (Å²) >= 11 is 0. The van der Waals surface area contributed by atoms with Gasteiger partial charge in [0.15, 0.2) is 0 Å². The zero-order valence-corrected chi connectivity index (χ0v) is 11.1. The molecule has 0 bridgehead atoms. The smallest absolute Gasteiger partial charge is 0.0602 e. The Hall–Kier alpha value is -0.120. The molecular formula is C14H28N2O. The average molecular weight is 240 g/mol. The maximum atomic E-state index is 9.62. The average Bonchev–Trinajstić information content (AvgIpc) is 3.17. The van der Waals surface area contributed by atoms with Crippen LogP contribution in [0.5, 0.6) is 0 Å². The molecule has 2 rings (SSSR count). The summed E-state index contributed by atoms with van der Waals surface area (Å²) in [6.07, 6.45) is 7.74. The first-order valence-electron chi connectivity index (χ1n) is 7.36. The van der Waals surface area contributed by atoms with Crippen LogP contribution >= 0.6 is 0 Å². The molecule has 2 aliphatic rings. The Morgan fingerprint density at radius 1 is 1.24 bits per heavy atom. The quantitative estimate of drug-likeness (QED) is 0.767. The number of nitrogens with zero attached hydrogens (tertiary/aromatic N) is 1. The fourth-order valence-corrected chi connectivity index (χ4v) is 3.20. The summed E-state index contributed by atoms with van der Waals surface area (Å²) in [7, 11) is 0. The second-order valence-corrected chi connectivity index (χ2v) is 5.91. The van der Waals surface area contributed by atoms with E-state index in [9.17, 15) is 5.11 Å². The van der Waals surface area contributed by atoms with Crippen LogP contribution in [0.3, 0.4) is 0 Å². The third-order valence-electron chi connectivity index (χ3n) is 4.73. The molecule has 3 N–H and O–H groups in total. The first-order chi connectivity index (χ1) is 8.26. The third kappa shape index (κ3) is 3.43. The minimum Gasteiger partial charge on any atom is -0.395 e. The molecule has 0 aromatic heterocycles. The van der Waals surface area contributed by atoms with Gasteiger partial charge in [-0.1, -0.05) is 13.3 Å². The van der Waals surface area contributed by atoms with Gasteiger partial charge < -0.3 is 10.8 Å². The number of hydrogen-bond acceptors (Lipinski definition) is 3. The van der Waals surface area contributed by atoms with E-state index in [-0.39, 0.29) is 18.7 Å². The van der Waals surface area contributed by atoms with Crippen molar-refractivity contribution in [1.82, 2.24) is 4.90 Å². The van der Waals surface area contributed by atoms with Gasteiger partial charge in [0.25, 0.3) is 0 Å². The van der Waals surface area contributed by atoms with Crippen LogP contribution < -0.4 is 5.73 Å². The van der Waals surface area contributed by atoms with Crippen LogP contribution in [0.15, 0.2) is 0 Å². The standard InChI is InChI=1S/C14H28N2O/c1-2-11-4-3-8-16(9-7-11)13(10-17)14(15)12-5-6-12/h11-14,17H,2-10,15H2,1H3. The minimum atomic E-state index is 0.193. The van der Waals surface area contributed by atoms with Crippen molar-refractivity contribution in [3.63, 3.8) is 0 Å². The number of aliphatic hydroxyl groups excluding tert-OH is 1. The van der Waals surface area contributed by atoms with E-state index in [1.807, 2.05) is 0 Å². The molecular weight excluding hydrogens is 212 g/mol. The molecule has 0 aromatic rings.